The van der Waals surface area contributed by atoms with Gasteiger partial charge in [0.25, 0.3) is 5.56 Å². The molecule has 1 fully saturated rings. The molecule has 0 spiro atoms. The van der Waals surface area contributed by atoms with Crippen LogP contribution in [0.15, 0.2) is 34.2 Å². The SMILES string of the molecule is COC(=O)Cc1[nH]n(-c2ccc(OC)cc2)c(=O)c1C(C)=NN1CCN(C)CC1. The summed E-state index contributed by atoms with van der Waals surface area (Å²) in [6, 6.07) is 7.09. The van der Waals surface area contributed by atoms with Crippen LogP contribution in [0.3, 0.4) is 0 Å². The van der Waals surface area contributed by atoms with Crippen molar-refractivity contribution >= 4 is 11.7 Å². The van der Waals surface area contributed by atoms with Gasteiger partial charge in [0.05, 0.1) is 43.3 Å². The number of methoxy groups -OCH3 is 2. The summed E-state index contributed by atoms with van der Waals surface area (Å²) in [5, 5.41) is 9.66. The number of likely N-dealkylation sites (N-methyl/N-ethyl adjacent to an activating group) is 1. The van der Waals surface area contributed by atoms with Crippen LogP contribution in [-0.4, -0.2) is 78.8 Å². The second kappa shape index (κ2) is 8.95. The third kappa shape index (κ3) is 4.68. The molecule has 9 heteroatoms. The number of nitrogens with zero attached hydrogens (tertiary/aromatic N) is 4. The molecule has 1 aromatic carbocycles. The molecule has 2 heterocycles. The van der Waals surface area contributed by atoms with Gasteiger partial charge in [0, 0.05) is 26.2 Å². The van der Waals surface area contributed by atoms with Gasteiger partial charge in [0.1, 0.15) is 5.75 Å². The molecule has 0 bridgehead atoms. The second-order valence-electron chi connectivity index (χ2n) is 7.00. The normalized spacial score (nSPS) is 15.4. The molecule has 0 aliphatic carbocycles. The summed E-state index contributed by atoms with van der Waals surface area (Å²) in [4.78, 5) is 27.3. The molecule has 9 nitrogen and oxygen atoms in total. The lowest BCUT2D eigenvalue weighted by Gasteiger charge is -2.30. The summed E-state index contributed by atoms with van der Waals surface area (Å²) in [5.74, 6) is 0.262. The average molecular weight is 401 g/mol. The van der Waals surface area contributed by atoms with Crippen molar-refractivity contribution < 1.29 is 14.3 Å². The molecule has 1 aliphatic heterocycles. The van der Waals surface area contributed by atoms with Gasteiger partial charge in [0.2, 0.25) is 0 Å². The van der Waals surface area contributed by atoms with Crippen molar-refractivity contribution in [3.8, 4) is 11.4 Å². The number of ether oxygens (including phenoxy) is 2. The lowest BCUT2D eigenvalue weighted by Crippen LogP contribution is -2.42. The van der Waals surface area contributed by atoms with E-state index in [1.165, 1.54) is 11.8 Å². The van der Waals surface area contributed by atoms with Gasteiger partial charge in [-0.05, 0) is 38.2 Å². The number of nitrogens with one attached hydrogen (secondary N) is 1. The molecule has 1 aliphatic rings. The molecular weight excluding hydrogens is 374 g/mol. The van der Waals surface area contributed by atoms with Crippen LogP contribution in [0.2, 0.25) is 0 Å². The molecular formula is C20H27N5O4. The number of H-pyrrole nitrogens is 1. The van der Waals surface area contributed by atoms with Crippen LogP contribution < -0.4 is 10.3 Å². The van der Waals surface area contributed by atoms with Crippen LogP contribution in [0.5, 0.6) is 5.75 Å². The Bertz CT molecular complexity index is 937. The fraction of sp³-hybridized carbons (Fsp3) is 0.450. The van der Waals surface area contributed by atoms with Crippen molar-refractivity contribution in [2.75, 3.05) is 47.4 Å². The highest BCUT2D eigenvalue weighted by Crippen LogP contribution is 2.15. The highest BCUT2D eigenvalue weighted by atomic mass is 16.5. The zero-order valence-electron chi connectivity index (χ0n) is 17.3. The molecule has 3 rings (SSSR count). The van der Waals surface area contributed by atoms with E-state index in [-0.39, 0.29) is 12.0 Å². The highest BCUT2D eigenvalue weighted by molar-refractivity contribution is 6.00. The molecule has 0 amide bonds. The van der Waals surface area contributed by atoms with Crippen LogP contribution in [0, 0.1) is 0 Å². The highest BCUT2D eigenvalue weighted by Gasteiger charge is 2.22. The van der Waals surface area contributed by atoms with Crippen LogP contribution in [0.4, 0.5) is 0 Å². The van der Waals surface area contributed by atoms with Crippen molar-refractivity contribution in [2.45, 2.75) is 13.3 Å². The first-order valence-electron chi connectivity index (χ1n) is 9.47. The minimum Gasteiger partial charge on any atom is -0.497 e. The van der Waals surface area contributed by atoms with E-state index in [0.29, 0.717) is 28.4 Å². The van der Waals surface area contributed by atoms with Gasteiger partial charge in [0.15, 0.2) is 0 Å². The van der Waals surface area contributed by atoms with Crippen LogP contribution >= 0.6 is 0 Å². The molecule has 156 valence electrons. The Morgan fingerprint density at radius 2 is 1.79 bits per heavy atom. The van der Waals surface area contributed by atoms with Crippen molar-refractivity contribution in [3.05, 3.63) is 45.9 Å². The predicted octanol–water partition coefficient (Wildman–Crippen LogP) is 0.861. The van der Waals surface area contributed by atoms with Crippen LogP contribution in [0.25, 0.3) is 5.69 Å². The summed E-state index contributed by atoms with van der Waals surface area (Å²) in [6.45, 7) is 5.20. The number of benzene rings is 1. The molecule has 0 unspecified atom stereocenters. The van der Waals surface area contributed by atoms with Crippen LogP contribution in [0.1, 0.15) is 18.2 Å². The number of carbonyl (C=O) groups is 1. The molecule has 2 aromatic rings. The Kier molecular flexibility index (Phi) is 6.38. The maximum Gasteiger partial charge on any atom is 0.311 e. The number of aromatic nitrogens is 2. The molecule has 0 saturated carbocycles. The maximum absolute atomic E-state index is 13.2. The number of hydrogen-bond donors (Lipinski definition) is 1. The van der Waals surface area contributed by atoms with Crippen LogP contribution in [-0.2, 0) is 16.0 Å². The number of carbonyl (C=O) groups excluding carboxylic acids is 1. The largest absolute Gasteiger partial charge is 0.497 e. The number of piperazine rings is 1. The van der Waals surface area contributed by atoms with E-state index in [1.54, 1.807) is 38.3 Å². The third-order valence-corrected chi connectivity index (χ3v) is 4.98. The third-order valence-electron chi connectivity index (χ3n) is 4.98. The zero-order valence-corrected chi connectivity index (χ0v) is 17.3. The Balaban J connectivity index is 2.00. The minimum atomic E-state index is -0.429. The van der Waals surface area contributed by atoms with E-state index < -0.39 is 5.97 Å². The van der Waals surface area contributed by atoms with Gasteiger partial charge in [-0.1, -0.05) is 0 Å². The van der Waals surface area contributed by atoms with Crippen molar-refractivity contribution in [3.63, 3.8) is 0 Å². The van der Waals surface area contributed by atoms with E-state index in [9.17, 15) is 9.59 Å². The second-order valence-corrected chi connectivity index (χ2v) is 7.00. The van der Waals surface area contributed by atoms with Crippen molar-refractivity contribution in [2.24, 2.45) is 5.10 Å². The van der Waals surface area contributed by atoms with Gasteiger partial charge in [-0.15, -0.1) is 0 Å². The Morgan fingerprint density at radius 3 is 2.38 bits per heavy atom. The van der Waals surface area contributed by atoms with E-state index >= 15 is 0 Å². The molecule has 0 atom stereocenters. The standard InChI is InChI=1S/C20H27N5O4/c1-14(21-24-11-9-23(2)10-12-24)19-17(13-18(26)29-4)22-25(20(19)27)15-5-7-16(28-3)8-6-15/h5-8,22H,9-13H2,1-4H3. The number of hydrazone groups is 1. The topological polar surface area (TPSA) is 92.2 Å². The van der Waals surface area contributed by atoms with E-state index in [0.717, 1.165) is 26.2 Å². The molecule has 1 saturated heterocycles. The summed E-state index contributed by atoms with van der Waals surface area (Å²) in [5.41, 5.74) is 1.82. The van der Waals surface area contributed by atoms with Crippen molar-refractivity contribution in [1.82, 2.24) is 19.7 Å². The summed E-state index contributed by atoms with van der Waals surface area (Å²) < 4.78 is 11.4. The predicted molar refractivity (Wildman–Crippen MR) is 110 cm³/mol. The Labute approximate surface area is 169 Å². The first kappa shape index (κ1) is 20.7. The van der Waals surface area contributed by atoms with Crippen molar-refractivity contribution in [1.29, 1.82) is 0 Å². The Hall–Kier alpha value is -3.07. The van der Waals surface area contributed by atoms with Gasteiger partial charge in [-0.25, -0.2) is 4.68 Å². The average Bonchev–Trinajstić information content (AvgIpc) is 3.05. The number of aromatic amines is 1. The zero-order chi connectivity index (χ0) is 21.0. The number of hydrogen-bond acceptors (Lipinski definition) is 7. The van der Waals surface area contributed by atoms with Gasteiger partial charge in [-0.2, -0.15) is 5.10 Å². The first-order chi connectivity index (χ1) is 13.9. The smallest absolute Gasteiger partial charge is 0.311 e. The van der Waals surface area contributed by atoms with Gasteiger partial charge >= 0.3 is 5.97 Å². The first-order valence-corrected chi connectivity index (χ1v) is 9.47. The number of rotatable bonds is 6. The molecule has 1 aromatic heterocycles. The lowest BCUT2D eigenvalue weighted by atomic mass is 10.1. The monoisotopic (exact) mass is 401 g/mol. The van der Waals surface area contributed by atoms with Gasteiger partial charge in [-0.3, -0.25) is 19.7 Å². The molecule has 1 N–H and O–H groups in total. The summed E-state index contributed by atoms with van der Waals surface area (Å²) in [6.07, 6.45) is -0.0418. The molecule has 0 radical (unpaired) electrons. The fourth-order valence-corrected chi connectivity index (χ4v) is 3.27. The number of esters is 1. The lowest BCUT2D eigenvalue weighted by molar-refractivity contribution is -0.139. The van der Waals surface area contributed by atoms with E-state index in [2.05, 4.69) is 22.1 Å². The Morgan fingerprint density at radius 1 is 1.14 bits per heavy atom. The quantitative estimate of drug-likeness (QED) is 0.570. The summed E-state index contributed by atoms with van der Waals surface area (Å²) >= 11 is 0. The maximum atomic E-state index is 13.2. The van der Waals surface area contributed by atoms with E-state index in [1.807, 2.05) is 5.01 Å². The molecule has 29 heavy (non-hydrogen) atoms. The van der Waals surface area contributed by atoms with Gasteiger partial charge < -0.3 is 14.4 Å². The summed E-state index contributed by atoms with van der Waals surface area (Å²) in [7, 11) is 4.98. The van der Waals surface area contributed by atoms with E-state index in [4.69, 9.17) is 9.47 Å². The fourth-order valence-electron chi connectivity index (χ4n) is 3.27. The minimum absolute atomic E-state index is 0.0418.